The fraction of sp³-hybridized carbons (Fsp3) is 0.571. The van der Waals surface area contributed by atoms with Crippen molar-refractivity contribution in [3.05, 3.63) is 23.2 Å². The van der Waals surface area contributed by atoms with Crippen LogP contribution in [0.2, 0.25) is 5.02 Å². The number of methoxy groups -OCH3 is 1. The van der Waals surface area contributed by atoms with Crippen molar-refractivity contribution < 1.29 is 13.2 Å². The van der Waals surface area contributed by atoms with E-state index in [0.29, 0.717) is 23.2 Å². The Morgan fingerprint density at radius 2 is 2.29 bits per heavy atom. The summed E-state index contributed by atoms with van der Waals surface area (Å²) in [7, 11) is -2.17. The highest BCUT2D eigenvalue weighted by atomic mass is 35.5. The molecule has 0 aliphatic carbocycles. The first-order valence-corrected chi connectivity index (χ1v) is 8.93. The van der Waals surface area contributed by atoms with E-state index in [1.54, 1.807) is 12.1 Å². The maximum atomic E-state index is 12.3. The standard InChI is InChI=1S/C14H21ClN2O3S/c1-20-13-5-4-12(15)9-14(13)21(18,19)17-8-6-11-3-2-7-16-10-11/h4-5,9,11,16-17H,2-3,6-8,10H2,1H3. The van der Waals surface area contributed by atoms with Gasteiger partial charge in [0, 0.05) is 11.6 Å². The summed E-state index contributed by atoms with van der Waals surface area (Å²) in [5, 5.41) is 3.69. The van der Waals surface area contributed by atoms with Gasteiger partial charge < -0.3 is 10.1 Å². The zero-order valence-corrected chi connectivity index (χ0v) is 13.6. The monoisotopic (exact) mass is 332 g/mol. The molecule has 1 aliphatic rings. The van der Waals surface area contributed by atoms with Crippen molar-refractivity contribution in [3.8, 4) is 5.75 Å². The van der Waals surface area contributed by atoms with Crippen LogP contribution in [0.15, 0.2) is 23.1 Å². The summed E-state index contributed by atoms with van der Waals surface area (Å²) < 4.78 is 32.4. The maximum Gasteiger partial charge on any atom is 0.244 e. The quantitative estimate of drug-likeness (QED) is 0.836. The van der Waals surface area contributed by atoms with Gasteiger partial charge in [-0.2, -0.15) is 0 Å². The number of hydrogen-bond acceptors (Lipinski definition) is 4. The van der Waals surface area contributed by atoms with Crippen LogP contribution >= 0.6 is 11.6 Å². The number of rotatable bonds is 6. The second kappa shape index (κ2) is 7.45. The van der Waals surface area contributed by atoms with Crippen LogP contribution < -0.4 is 14.8 Å². The molecule has 5 nitrogen and oxygen atoms in total. The number of nitrogens with one attached hydrogen (secondary N) is 2. The van der Waals surface area contributed by atoms with Crippen molar-refractivity contribution in [2.45, 2.75) is 24.2 Å². The molecule has 21 heavy (non-hydrogen) atoms. The average molecular weight is 333 g/mol. The Bertz CT molecular complexity index is 572. The third kappa shape index (κ3) is 4.57. The third-order valence-corrected chi connectivity index (χ3v) is 5.38. The molecule has 0 bridgehead atoms. The van der Waals surface area contributed by atoms with Crippen molar-refractivity contribution in [1.82, 2.24) is 10.0 Å². The summed E-state index contributed by atoms with van der Waals surface area (Å²) in [4.78, 5) is 0.0827. The fourth-order valence-electron chi connectivity index (χ4n) is 2.51. The molecule has 1 atom stereocenters. The number of piperidine rings is 1. The molecule has 1 aromatic carbocycles. The van der Waals surface area contributed by atoms with E-state index in [2.05, 4.69) is 10.0 Å². The van der Waals surface area contributed by atoms with Crippen LogP contribution in [0.5, 0.6) is 5.75 Å². The molecular weight excluding hydrogens is 312 g/mol. The SMILES string of the molecule is COc1ccc(Cl)cc1S(=O)(=O)NCCC1CCCNC1. The molecule has 1 heterocycles. The van der Waals surface area contributed by atoms with Crippen LogP contribution in [0.25, 0.3) is 0 Å². The molecule has 0 radical (unpaired) electrons. The fourth-order valence-corrected chi connectivity index (χ4v) is 3.98. The van der Waals surface area contributed by atoms with Crippen molar-refractivity contribution in [2.24, 2.45) is 5.92 Å². The molecule has 1 aromatic rings. The van der Waals surface area contributed by atoms with Crippen LogP contribution in [0.3, 0.4) is 0 Å². The Labute approximate surface area is 131 Å². The normalized spacial score (nSPS) is 19.4. The molecule has 1 aliphatic heterocycles. The summed E-state index contributed by atoms with van der Waals surface area (Å²) in [5.41, 5.74) is 0. The zero-order chi connectivity index (χ0) is 15.3. The van der Waals surface area contributed by atoms with Crippen LogP contribution in [0.1, 0.15) is 19.3 Å². The van der Waals surface area contributed by atoms with Gasteiger partial charge in [0.2, 0.25) is 10.0 Å². The average Bonchev–Trinajstić information content (AvgIpc) is 2.48. The lowest BCUT2D eigenvalue weighted by atomic mass is 9.96. The number of sulfonamides is 1. The van der Waals surface area contributed by atoms with E-state index >= 15 is 0 Å². The number of benzene rings is 1. The molecule has 1 saturated heterocycles. The lowest BCUT2D eigenvalue weighted by Crippen LogP contribution is -2.33. The molecular formula is C14H21ClN2O3S. The van der Waals surface area contributed by atoms with E-state index in [1.807, 2.05) is 0 Å². The first-order valence-electron chi connectivity index (χ1n) is 7.07. The van der Waals surface area contributed by atoms with Crippen LogP contribution in [-0.2, 0) is 10.0 Å². The molecule has 1 unspecified atom stereocenters. The second-order valence-electron chi connectivity index (χ2n) is 5.19. The highest BCUT2D eigenvalue weighted by Crippen LogP contribution is 2.26. The van der Waals surface area contributed by atoms with Gasteiger partial charge in [-0.15, -0.1) is 0 Å². The van der Waals surface area contributed by atoms with Gasteiger partial charge in [-0.25, -0.2) is 13.1 Å². The second-order valence-corrected chi connectivity index (χ2v) is 7.37. The Kier molecular flexibility index (Phi) is 5.87. The lowest BCUT2D eigenvalue weighted by Gasteiger charge is -2.22. The van der Waals surface area contributed by atoms with E-state index in [0.717, 1.165) is 32.4 Å². The molecule has 2 rings (SSSR count). The molecule has 0 spiro atoms. The highest BCUT2D eigenvalue weighted by molar-refractivity contribution is 7.89. The predicted octanol–water partition coefficient (Wildman–Crippen LogP) is 2.02. The minimum Gasteiger partial charge on any atom is -0.495 e. The molecule has 7 heteroatoms. The summed E-state index contributed by atoms with van der Waals surface area (Å²) in [6.45, 7) is 2.44. The van der Waals surface area contributed by atoms with E-state index in [-0.39, 0.29) is 4.90 Å². The molecule has 0 saturated carbocycles. The minimum atomic E-state index is -3.61. The predicted molar refractivity (Wildman–Crippen MR) is 83.4 cm³/mol. The van der Waals surface area contributed by atoms with E-state index in [9.17, 15) is 8.42 Å². The molecule has 0 aromatic heterocycles. The summed E-state index contributed by atoms with van der Waals surface area (Å²) in [5.74, 6) is 0.828. The van der Waals surface area contributed by atoms with Gasteiger partial charge in [-0.1, -0.05) is 11.6 Å². The number of hydrogen-bond donors (Lipinski definition) is 2. The number of halogens is 1. The highest BCUT2D eigenvalue weighted by Gasteiger charge is 2.20. The van der Waals surface area contributed by atoms with Crippen LogP contribution in [-0.4, -0.2) is 35.2 Å². The zero-order valence-electron chi connectivity index (χ0n) is 12.1. The topological polar surface area (TPSA) is 67.4 Å². The van der Waals surface area contributed by atoms with Crippen molar-refractivity contribution >= 4 is 21.6 Å². The summed E-state index contributed by atoms with van der Waals surface area (Å²) >= 11 is 5.88. The molecule has 0 amide bonds. The lowest BCUT2D eigenvalue weighted by molar-refractivity contribution is 0.358. The van der Waals surface area contributed by atoms with E-state index in [1.165, 1.54) is 13.2 Å². The van der Waals surface area contributed by atoms with Gasteiger partial charge in [0.15, 0.2) is 0 Å². The van der Waals surface area contributed by atoms with Crippen molar-refractivity contribution in [2.75, 3.05) is 26.7 Å². The Balaban J connectivity index is 1.99. The molecule has 118 valence electrons. The van der Waals surface area contributed by atoms with Gasteiger partial charge in [0.25, 0.3) is 0 Å². The van der Waals surface area contributed by atoms with Crippen molar-refractivity contribution in [3.63, 3.8) is 0 Å². The van der Waals surface area contributed by atoms with Gasteiger partial charge in [-0.05, 0) is 56.5 Å². The first-order chi connectivity index (χ1) is 10.0. The Morgan fingerprint density at radius 3 is 2.95 bits per heavy atom. The third-order valence-electron chi connectivity index (χ3n) is 3.66. The first kappa shape index (κ1) is 16.5. The largest absolute Gasteiger partial charge is 0.495 e. The van der Waals surface area contributed by atoms with Gasteiger partial charge in [0.05, 0.1) is 7.11 Å². The maximum absolute atomic E-state index is 12.3. The number of ether oxygens (including phenoxy) is 1. The van der Waals surface area contributed by atoms with E-state index in [4.69, 9.17) is 16.3 Å². The van der Waals surface area contributed by atoms with Crippen LogP contribution in [0.4, 0.5) is 0 Å². The van der Waals surface area contributed by atoms with Gasteiger partial charge in [0.1, 0.15) is 10.6 Å². The Hall–Kier alpha value is -0.820. The van der Waals surface area contributed by atoms with Gasteiger partial charge in [-0.3, -0.25) is 0 Å². The molecule has 2 N–H and O–H groups in total. The van der Waals surface area contributed by atoms with Crippen molar-refractivity contribution in [1.29, 1.82) is 0 Å². The van der Waals surface area contributed by atoms with Crippen LogP contribution in [0, 0.1) is 5.92 Å². The summed E-state index contributed by atoms with van der Waals surface area (Å²) in [6.07, 6.45) is 3.13. The summed E-state index contributed by atoms with van der Waals surface area (Å²) in [6, 6.07) is 4.57. The smallest absolute Gasteiger partial charge is 0.244 e. The minimum absolute atomic E-state index is 0.0827. The Morgan fingerprint density at radius 1 is 1.48 bits per heavy atom. The van der Waals surface area contributed by atoms with Gasteiger partial charge >= 0.3 is 0 Å². The molecule has 1 fully saturated rings. The van der Waals surface area contributed by atoms with E-state index < -0.39 is 10.0 Å².